The molecule has 2 aromatic rings. The highest BCUT2D eigenvalue weighted by molar-refractivity contribution is 5.68. The fourth-order valence-corrected chi connectivity index (χ4v) is 1.44. The summed E-state index contributed by atoms with van der Waals surface area (Å²) in [4.78, 5) is 14.5. The minimum atomic E-state index is -1.00. The van der Waals surface area contributed by atoms with Crippen LogP contribution in [0.4, 0.5) is 0 Å². The number of benzene rings is 1. The number of hydrogen-bond donors (Lipinski definition) is 1. The summed E-state index contributed by atoms with van der Waals surface area (Å²) in [6, 6.07) is 7.78. The summed E-state index contributed by atoms with van der Waals surface area (Å²) in [6.45, 7) is 1.79. The minimum absolute atomic E-state index is 0.127. The van der Waals surface area contributed by atoms with Crippen LogP contribution in [-0.2, 0) is 16.1 Å². The zero-order valence-corrected chi connectivity index (χ0v) is 9.92. The second-order valence-electron chi connectivity index (χ2n) is 3.90. The molecule has 0 saturated heterocycles. The highest BCUT2D eigenvalue weighted by atomic mass is 16.5. The third-order valence-electron chi connectivity index (χ3n) is 2.33. The van der Waals surface area contributed by atoms with Gasteiger partial charge in [0.2, 0.25) is 5.89 Å². The van der Waals surface area contributed by atoms with Gasteiger partial charge in [0, 0.05) is 5.56 Å². The molecule has 0 aliphatic heterocycles. The van der Waals surface area contributed by atoms with Crippen LogP contribution in [-0.4, -0.2) is 22.7 Å². The fraction of sp³-hybridized carbons (Fsp3) is 0.231. The van der Waals surface area contributed by atoms with Gasteiger partial charge in [-0.25, -0.2) is 9.78 Å². The summed E-state index contributed by atoms with van der Waals surface area (Å²) in [5.41, 5.74) is 2.62. The largest absolute Gasteiger partial charge is 0.480 e. The number of carboxylic acids is 1. The SMILES string of the molecule is Cc1ccc(-c2nc(COCC(=O)O)co2)cc1. The predicted octanol–water partition coefficient (Wildman–Crippen LogP) is 2.25. The van der Waals surface area contributed by atoms with Crippen LogP contribution in [0.5, 0.6) is 0 Å². The number of carboxylic acid groups (broad SMARTS) is 1. The molecule has 0 fully saturated rings. The van der Waals surface area contributed by atoms with Crippen molar-refractivity contribution in [3.63, 3.8) is 0 Å². The van der Waals surface area contributed by atoms with Crippen molar-refractivity contribution in [2.24, 2.45) is 0 Å². The number of carbonyl (C=O) groups is 1. The standard InChI is InChI=1S/C13H13NO4/c1-9-2-4-10(5-3-9)13-14-11(7-18-13)6-17-8-12(15)16/h2-5,7H,6,8H2,1H3,(H,15,16). The van der Waals surface area contributed by atoms with Crippen molar-refractivity contribution >= 4 is 5.97 Å². The Morgan fingerprint density at radius 3 is 2.78 bits per heavy atom. The van der Waals surface area contributed by atoms with Gasteiger partial charge in [-0.2, -0.15) is 0 Å². The van der Waals surface area contributed by atoms with E-state index in [0.717, 1.165) is 11.1 Å². The van der Waals surface area contributed by atoms with Gasteiger partial charge >= 0.3 is 5.97 Å². The van der Waals surface area contributed by atoms with Crippen molar-refractivity contribution in [3.05, 3.63) is 41.8 Å². The van der Waals surface area contributed by atoms with Gasteiger partial charge in [-0.15, -0.1) is 0 Å². The molecule has 94 valence electrons. The van der Waals surface area contributed by atoms with E-state index in [1.165, 1.54) is 6.26 Å². The smallest absolute Gasteiger partial charge is 0.329 e. The first kappa shape index (κ1) is 12.3. The Kier molecular flexibility index (Phi) is 3.74. The summed E-state index contributed by atoms with van der Waals surface area (Å²) < 4.78 is 10.2. The first-order chi connectivity index (χ1) is 8.65. The maximum absolute atomic E-state index is 10.3. The molecule has 0 aliphatic carbocycles. The van der Waals surface area contributed by atoms with Crippen LogP contribution in [0, 0.1) is 6.92 Å². The number of rotatable bonds is 5. The average molecular weight is 247 g/mol. The Hall–Kier alpha value is -2.14. The predicted molar refractivity (Wildman–Crippen MR) is 64.0 cm³/mol. The first-order valence-electron chi connectivity index (χ1n) is 5.46. The Bertz CT molecular complexity index is 530. The van der Waals surface area contributed by atoms with Gasteiger partial charge < -0.3 is 14.3 Å². The lowest BCUT2D eigenvalue weighted by molar-refractivity contribution is -0.142. The average Bonchev–Trinajstić information content (AvgIpc) is 2.78. The van der Waals surface area contributed by atoms with E-state index in [-0.39, 0.29) is 13.2 Å². The van der Waals surface area contributed by atoms with Crippen molar-refractivity contribution in [1.29, 1.82) is 0 Å². The van der Waals surface area contributed by atoms with E-state index in [0.29, 0.717) is 11.6 Å². The lowest BCUT2D eigenvalue weighted by Gasteiger charge is -1.96. The number of ether oxygens (including phenoxy) is 1. The second kappa shape index (κ2) is 5.46. The van der Waals surface area contributed by atoms with Crippen molar-refractivity contribution < 1.29 is 19.1 Å². The maximum atomic E-state index is 10.3. The molecule has 0 spiro atoms. The van der Waals surface area contributed by atoms with Crippen molar-refractivity contribution in [3.8, 4) is 11.5 Å². The fourth-order valence-electron chi connectivity index (χ4n) is 1.44. The molecule has 0 unspecified atom stereocenters. The summed E-state index contributed by atoms with van der Waals surface area (Å²) in [5.74, 6) is -0.499. The number of hydrogen-bond acceptors (Lipinski definition) is 4. The molecule has 1 aromatic heterocycles. The van der Waals surface area contributed by atoms with Crippen LogP contribution in [0.3, 0.4) is 0 Å². The summed E-state index contributed by atoms with van der Waals surface area (Å²) >= 11 is 0. The van der Waals surface area contributed by atoms with E-state index in [4.69, 9.17) is 14.3 Å². The molecule has 5 nitrogen and oxygen atoms in total. The van der Waals surface area contributed by atoms with Crippen LogP contribution in [0.25, 0.3) is 11.5 Å². The normalized spacial score (nSPS) is 10.5. The molecule has 0 bridgehead atoms. The number of oxazole rings is 1. The zero-order valence-electron chi connectivity index (χ0n) is 9.92. The third kappa shape index (κ3) is 3.18. The highest BCUT2D eigenvalue weighted by Crippen LogP contribution is 2.19. The summed E-state index contributed by atoms with van der Waals surface area (Å²) in [6.07, 6.45) is 1.47. The molecule has 0 amide bonds. The Morgan fingerprint density at radius 2 is 2.11 bits per heavy atom. The van der Waals surface area contributed by atoms with Gasteiger partial charge in [-0.3, -0.25) is 0 Å². The molecule has 18 heavy (non-hydrogen) atoms. The lowest BCUT2D eigenvalue weighted by Crippen LogP contribution is -2.06. The molecule has 1 N–H and O–H groups in total. The molecule has 0 saturated carbocycles. The van der Waals surface area contributed by atoms with E-state index in [9.17, 15) is 4.79 Å². The summed E-state index contributed by atoms with van der Waals surface area (Å²) in [5, 5.41) is 8.43. The van der Waals surface area contributed by atoms with E-state index in [1.54, 1.807) is 0 Å². The minimum Gasteiger partial charge on any atom is -0.480 e. The molecular weight excluding hydrogens is 234 g/mol. The van der Waals surface area contributed by atoms with Gasteiger partial charge in [-0.1, -0.05) is 17.7 Å². The molecule has 0 radical (unpaired) electrons. The quantitative estimate of drug-likeness (QED) is 0.877. The van der Waals surface area contributed by atoms with Crippen LogP contribution in [0.15, 0.2) is 34.9 Å². The van der Waals surface area contributed by atoms with E-state index in [2.05, 4.69) is 4.98 Å². The van der Waals surface area contributed by atoms with Gasteiger partial charge in [0.15, 0.2) is 0 Å². The van der Waals surface area contributed by atoms with Gasteiger partial charge in [0.1, 0.15) is 18.6 Å². The maximum Gasteiger partial charge on any atom is 0.329 e. The highest BCUT2D eigenvalue weighted by Gasteiger charge is 2.07. The van der Waals surface area contributed by atoms with E-state index >= 15 is 0 Å². The van der Waals surface area contributed by atoms with Crippen molar-refractivity contribution in [1.82, 2.24) is 4.98 Å². The number of aliphatic carboxylic acids is 1. The van der Waals surface area contributed by atoms with Gasteiger partial charge in [-0.05, 0) is 19.1 Å². The molecule has 0 aliphatic rings. The van der Waals surface area contributed by atoms with Crippen LogP contribution in [0.2, 0.25) is 0 Å². The lowest BCUT2D eigenvalue weighted by atomic mass is 10.1. The Morgan fingerprint density at radius 1 is 1.39 bits per heavy atom. The topological polar surface area (TPSA) is 72.6 Å². The van der Waals surface area contributed by atoms with Crippen LogP contribution < -0.4 is 0 Å². The number of nitrogens with zero attached hydrogens (tertiary/aromatic N) is 1. The molecule has 2 rings (SSSR count). The van der Waals surface area contributed by atoms with Crippen molar-refractivity contribution in [2.75, 3.05) is 6.61 Å². The van der Waals surface area contributed by atoms with E-state index < -0.39 is 5.97 Å². The zero-order chi connectivity index (χ0) is 13.0. The van der Waals surface area contributed by atoms with Crippen LogP contribution >= 0.6 is 0 Å². The molecule has 1 aromatic carbocycles. The van der Waals surface area contributed by atoms with Gasteiger partial charge in [0.05, 0.1) is 6.61 Å². The Balaban J connectivity index is 2.01. The third-order valence-corrected chi connectivity index (χ3v) is 2.33. The number of aromatic nitrogens is 1. The van der Waals surface area contributed by atoms with Crippen LogP contribution in [0.1, 0.15) is 11.3 Å². The second-order valence-corrected chi connectivity index (χ2v) is 3.90. The molecule has 1 heterocycles. The first-order valence-corrected chi connectivity index (χ1v) is 5.46. The number of aryl methyl sites for hydroxylation is 1. The van der Waals surface area contributed by atoms with E-state index in [1.807, 2.05) is 31.2 Å². The molecular formula is C13H13NO4. The summed E-state index contributed by atoms with van der Waals surface area (Å²) in [7, 11) is 0. The molecule has 0 atom stereocenters. The monoisotopic (exact) mass is 247 g/mol. The molecule has 5 heteroatoms. The van der Waals surface area contributed by atoms with Gasteiger partial charge in [0.25, 0.3) is 0 Å². The van der Waals surface area contributed by atoms with Crippen molar-refractivity contribution in [2.45, 2.75) is 13.5 Å². The Labute approximate surface area is 104 Å².